The Morgan fingerprint density at radius 1 is 0.943 bits per heavy atom. The zero-order chi connectivity index (χ0) is 24.7. The van der Waals surface area contributed by atoms with Crippen LogP contribution in [0.3, 0.4) is 0 Å². The van der Waals surface area contributed by atoms with Gasteiger partial charge in [0.2, 0.25) is 5.43 Å². The molecule has 0 aliphatic carbocycles. The molecule has 3 heterocycles. The number of rotatable bonds is 5. The van der Waals surface area contributed by atoms with Gasteiger partial charge in [-0.1, -0.05) is 6.07 Å². The predicted octanol–water partition coefficient (Wildman–Crippen LogP) is 0.761. The maximum Gasteiger partial charge on any atom is 0.200 e. The Kier molecular flexibility index (Phi) is 6.39. The third-order valence-corrected chi connectivity index (χ3v) is 6.28. The Morgan fingerprint density at radius 2 is 1.69 bits per heavy atom. The highest BCUT2D eigenvalue weighted by Crippen LogP contribution is 2.35. The van der Waals surface area contributed by atoms with Gasteiger partial charge in [0.15, 0.2) is 11.5 Å². The lowest BCUT2D eigenvalue weighted by molar-refractivity contribution is -0.234. The lowest BCUT2D eigenvalue weighted by Crippen LogP contribution is -2.59. The highest BCUT2D eigenvalue weighted by Gasteiger charge is 2.43. The first-order chi connectivity index (χ1) is 16.9. The van der Waals surface area contributed by atoms with Crippen LogP contribution in [0, 0.1) is 6.92 Å². The van der Waals surface area contributed by atoms with Crippen LogP contribution in [0.1, 0.15) is 5.76 Å². The van der Waals surface area contributed by atoms with Gasteiger partial charge in [0.05, 0.1) is 17.6 Å². The fourth-order valence-electron chi connectivity index (χ4n) is 4.40. The summed E-state index contributed by atoms with van der Waals surface area (Å²) in [5.74, 6) is 1.97. The van der Waals surface area contributed by atoms with Crippen molar-refractivity contribution in [2.45, 2.75) is 37.4 Å². The fraction of sp³-hybridized carbons (Fsp3) is 0.400. The molecule has 186 valence electrons. The van der Waals surface area contributed by atoms with Crippen molar-refractivity contribution in [2.24, 2.45) is 0 Å². The lowest BCUT2D eigenvalue weighted by Gasteiger charge is -2.39. The molecular weight excluding hydrogens is 460 g/mol. The minimum Gasteiger partial charge on any atom is -0.491 e. The zero-order valence-electron chi connectivity index (χ0n) is 18.9. The Bertz CT molecular complexity index is 1280. The standard InChI is InChI=1S/C25H26O10/c1-12-21(13-2-5-16-18(8-13)32-7-6-31-16)22(27)15-4-3-14(9-17(15)34-12)33-11-20-24(29)25(30)23(28)19(10-26)35-20/h2-5,8-9,19-20,23-26,28-30H,6-7,10-11H2,1H3/t19-,20-,23+,24+,25+/m0/s1. The molecule has 2 aromatic carbocycles. The highest BCUT2D eigenvalue weighted by molar-refractivity contribution is 5.84. The molecule has 3 aromatic rings. The second-order valence-corrected chi connectivity index (χ2v) is 8.56. The van der Waals surface area contributed by atoms with E-state index in [2.05, 4.69) is 0 Å². The summed E-state index contributed by atoms with van der Waals surface area (Å²) in [6.07, 6.45) is -6.31. The van der Waals surface area contributed by atoms with Crippen LogP contribution >= 0.6 is 0 Å². The molecule has 1 fully saturated rings. The molecule has 35 heavy (non-hydrogen) atoms. The SMILES string of the molecule is Cc1oc2cc(OC[C@@H]3O[C@@H](CO)[C@@H](O)[C@@H](O)[C@@H]3O)ccc2c(=O)c1-c1ccc2c(c1)OCCO2. The predicted molar refractivity (Wildman–Crippen MR) is 123 cm³/mol. The van der Waals surface area contributed by atoms with Crippen molar-refractivity contribution in [1.29, 1.82) is 0 Å². The summed E-state index contributed by atoms with van der Waals surface area (Å²) in [4.78, 5) is 13.3. The first kappa shape index (κ1) is 23.6. The molecule has 0 radical (unpaired) electrons. The second kappa shape index (κ2) is 9.48. The van der Waals surface area contributed by atoms with Crippen molar-refractivity contribution in [3.63, 3.8) is 0 Å². The van der Waals surface area contributed by atoms with E-state index < -0.39 is 37.1 Å². The molecule has 0 unspecified atom stereocenters. The molecule has 1 aromatic heterocycles. The molecule has 1 saturated heterocycles. The summed E-state index contributed by atoms with van der Waals surface area (Å²) in [6, 6.07) is 10.1. The number of aryl methyl sites for hydroxylation is 1. The molecule has 10 heteroatoms. The number of aliphatic hydroxyl groups excluding tert-OH is 4. The van der Waals surface area contributed by atoms with Crippen molar-refractivity contribution >= 4 is 11.0 Å². The van der Waals surface area contributed by atoms with E-state index in [0.717, 1.165) is 0 Å². The summed E-state index contributed by atoms with van der Waals surface area (Å²) in [6.45, 7) is 1.94. The van der Waals surface area contributed by atoms with Gasteiger partial charge in [0, 0.05) is 6.07 Å². The van der Waals surface area contributed by atoms with Crippen LogP contribution in [-0.2, 0) is 4.74 Å². The van der Waals surface area contributed by atoms with Gasteiger partial charge in [0.25, 0.3) is 0 Å². The van der Waals surface area contributed by atoms with Gasteiger partial charge in [-0.2, -0.15) is 0 Å². The topological polar surface area (TPSA) is 148 Å². The smallest absolute Gasteiger partial charge is 0.200 e. The maximum absolute atomic E-state index is 13.3. The largest absolute Gasteiger partial charge is 0.491 e. The quantitative estimate of drug-likeness (QED) is 0.407. The maximum atomic E-state index is 13.3. The van der Waals surface area contributed by atoms with Crippen molar-refractivity contribution in [3.8, 4) is 28.4 Å². The van der Waals surface area contributed by atoms with Crippen molar-refractivity contribution in [1.82, 2.24) is 0 Å². The normalized spacial score (nSPS) is 26.0. The summed E-state index contributed by atoms with van der Waals surface area (Å²) < 4.78 is 28.3. The van der Waals surface area contributed by atoms with Crippen molar-refractivity contribution < 1.29 is 43.8 Å². The monoisotopic (exact) mass is 486 g/mol. The molecule has 10 nitrogen and oxygen atoms in total. The Labute approximate surface area is 199 Å². The van der Waals surface area contributed by atoms with Crippen LogP contribution in [0.5, 0.6) is 17.2 Å². The van der Waals surface area contributed by atoms with Crippen molar-refractivity contribution in [2.75, 3.05) is 26.4 Å². The first-order valence-corrected chi connectivity index (χ1v) is 11.3. The molecule has 2 aliphatic heterocycles. The Morgan fingerprint density at radius 3 is 2.46 bits per heavy atom. The third-order valence-electron chi connectivity index (χ3n) is 6.28. The van der Waals surface area contributed by atoms with Gasteiger partial charge < -0.3 is 43.8 Å². The van der Waals surface area contributed by atoms with E-state index in [1.807, 2.05) is 0 Å². The average Bonchev–Trinajstić information content (AvgIpc) is 2.86. The Hall–Kier alpha value is -3.15. The van der Waals surface area contributed by atoms with E-state index in [-0.39, 0.29) is 12.0 Å². The summed E-state index contributed by atoms with van der Waals surface area (Å²) >= 11 is 0. The molecule has 0 saturated carbocycles. The molecule has 0 bridgehead atoms. The van der Waals surface area contributed by atoms with Crippen LogP contribution < -0.4 is 19.6 Å². The molecule has 5 rings (SSSR count). The van der Waals surface area contributed by atoms with E-state index in [1.165, 1.54) is 0 Å². The minimum atomic E-state index is -1.48. The zero-order valence-corrected chi connectivity index (χ0v) is 18.9. The van der Waals surface area contributed by atoms with Gasteiger partial charge in [-0.3, -0.25) is 4.79 Å². The third kappa shape index (κ3) is 4.35. The number of ether oxygens (including phenoxy) is 4. The molecule has 0 amide bonds. The molecule has 5 atom stereocenters. The van der Waals surface area contributed by atoms with E-state index in [9.17, 15) is 25.2 Å². The number of aliphatic hydroxyl groups is 4. The Balaban J connectivity index is 1.39. The molecule has 4 N–H and O–H groups in total. The van der Waals surface area contributed by atoms with E-state index in [4.69, 9.17) is 23.4 Å². The molecule has 2 aliphatic rings. The number of hydrogen-bond donors (Lipinski definition) is 4. The van der Waals surface area contributed by atoms with Gasteiger partial charge in [-0.05, 0) is 36.8 Å². The molecular formula is C25H26O10. The van der Waals surface area contributed by atoms with Crippen LogP contribution in [-0.4, -0.2) is 77.4 Å². The van der Waals surface area contributed by atoms with Gasteiger partial charge >= 0.3 is 0 Å². The van der Waals surface area contributed by atoms with E-state index in [0.29, 0.717) is 58.3 Å². The van der Waals surface area contributed by atoms with Crippen LogP contribution in [0.4, 0.5) is 0 Å². The molecule has 0 spiro atoms. The lowest BCUT2D eigenvalue weighted by atomic mass is 9.95. The van der Waals surface area contributed by atoms with Gasteiger partial charge in [0.1, 0.15) is 67.4 Å². The van der Waals surface area contributed by atoms with Crippen LogP contribution in [0.15, 0.2) is 45.6 Å². The number of benzene rings is 2. The van der Waals surface area contributed by atoms with Crippen molar-refractivity contribution in [3.05, 3.63) is 52.4 Å². The average molecular weight is 486 g/mol. The van der Waals surface area contributed by atoms with Gasteiger partial charge in [-0.25, -0.2) is 0 Å². The fourth-order valence-corrected chi connectivity index (χ4v) is 4.40. The summed E-state index contributed by atoms with van der Waals surface area (Å²) in [5.41, 5.74) is 1.19. The minimum absolute atomic E-state index is 0.161. The van der Waals surface area contributed by atoms with Crippen LogP contribution in [0.25, 0.3) is 22.1 Å². The highest BCUT2D eigenvalue weighted by atomic mass is 16.6. The van der Waals surface area contributed by atoms with Crippen LogP contribution in [0.2, 0.25) is 0 Å². The summed E-state index contributed by atoms with van der Waals surface area (Å²) in [7, 11) is 0. The number of hydrogen-bond acceptors (Lipinski definition) is 10. The first-order valence-electron chi connectivity index (χ1n) is 11.3. The van der Waals surface area contributed by atoms with Gasteiger partial charge in [-0.15, -0.1) is 0 Å². The van der Waals surface area contributed by atoms with E-state index in [1.54, 1.807) is 43.3 Å². The number of fused-ring (bicyclic) bond motifs is 2. The summed E-state index contributed by atoms with van der Waals surface area (Å²) in [5, 5.41) is 39.7. The van der Waals surface area contributed by atoms with E-state index >= 15 is 0 Å². The second-order valence-electron chi connectivity index (χ2n) is 8.56.